The molecule has 5 heteroatoms. The van der Waals surface area contributed by atoms with Crippen LogP contribution in [0.1, 0.15) is 28.5 Å². The molecule has 2 aromatic rings. The lowest BCUT2D eigenvalue weighted by molar-refractivity contribution is 0.0460. The van der Waals surface area contributed by atoms with Crippen LogP contribution in [0.4, 0.5) is 0 Å². The molecule has 2 aliphatic rings. The molecule has 18 heavy (non-hydrogen) atoms. The normalized spacial score (nSPS) is 20.6. The average Bonchev–Trinajstić information content (AvgIpc) is 2.73. The summed E-state index contributed by atoms with van der Waals surface area (Å²) in [5, 5.41) is 0.504. The molecule has 2 aliphatic heterocycles. The van der Waals surface area contributed by atoms with Gasteiger partial charge in [0.05, 0.1) is 40.5 Å². The van der Waals surface area contributed by atoms with Crippen molar-refractivity contribution in [2.24, 2.45) is 0 Å². The second-order valence-electron chi connectivity index (χ2n) is 4.63. The van der Waals surface area contributed by atoms with E-state index >= 15 is 0 Å². The Kier molecular flexibility index (Phi) is 1.89. The van der Waals surface area contributed by atoms with E-state index in [9.17, 15) is 4.79 Å². The van der Waals surface area contributed by atoms with Crippen molar-refractivity contribution in [3.63, 3.8) is 0 Å². The van der Waals surface area contributed by atoms with Gasteiger partial charge in [0.25, 0.3) is 5.91 Å². The SMILES string of the molecule is O=C1c2c(Cl)cccc2-n2cncc2C2CCN12. The smallest absolute Gasteiger partial charge is 0.258 e. The summed E-state index contributed by atoms with van der Waals surface area (Å²) in [5.74, 6) is 0.0237. The molecule has 0 aliphatic carbocycles. The van der Waals surface area contributed by atoms with Crippen LogP contribution >= 0.6 is 11.6 Å². The number of carbonyl (C=O) groups is 1. The van der Waals surface area contributed by atoms with E-state index in [4.69, 9.17) is 11.6 Å². The Morgan fingerprint density at radius 3 is 3.06 bits per heavy atom. The van der Waals surface area contributed by atoms with Gasteiger partial charge < -0.3 is 9.47 Å². The van der Waals surface area contributed by atoms with Gasteiger partial charge in [0.2, 0.25) is 0 Å². The van der Waals surface area contributed by atoms with Crippen molar-refractivity contribution < 1.29 is 4.79 Å². The van der Waals surface area contributed by atoms with Crippen molar-refractivity contribution in [3.8, 4) is 5.69 Å². The fourth-order valence-corrected chi connectivity index (χ4v) is 3.01. The van der Waals surface area contributed by atoms with Gasteiger partial charge in [-0.15, -0.1) is 0 Å². The number of fused-ring (bicyclic) bond motifs is 5. The number of halogens is 1. The minimum absolute atomic E-state index is 0.0237. The van der Waals surface area contributed by atoms with Crippen LogP contribution in [0.25, 0.3) is 5.69 Å². The van der Waals surface area contributed by atoms with Crippen molar-refractivity contribution >= 4 is 17.5 Å². The minimum atomic E-state index is 0.0237. The number of rotatable bonds is 0. The van der Waals surface area contributed by atoms with Gasteiger partial charge in [-0.3, -0.25) is 4.79 Å². The molecule has 0 radical (unpaired) electrons. The third-order valence-corrected chi connectivity index (χ3v) is 4.07. The lowest BCUT2D eigenvalue weighted by Crippen LogP contribution is -2.44. The summed E-state index contributed by atoms with van der Waals surface area (Å²) < 4.78 is 1.98. The molecular weight excluding hydrogens is 250 g/mol. The molecule has 4 rings (SSSR count). The number of benzene rings is 1. The van der Waals surface area contributed by atoms with E-state index in [2.05, 4.69) is 4.98 Å². The second-order valence-corrected chi connectivity index (χ2v) is 5.03. The maximum atomic E-state index is 12.5. The van der Waals surface area contributed by atoms with Crippen molar-refractivity contribution in [1.29, 1.82) is 0 Å². The van der Waals surface area contributed by atoms with Gasteiger partial charge in [-0.1, -0.05) is 17.7 Å². The Balaban J connectivity index is 2.08. The molecular formula is C13H10ClN3O. The standard InChI is InChI=1S/C13H10ClN3O/c14-8-2-1-3-10-12(8)13(18)16-5-4-9(16)11-6-15-7-17(10)11/h1-3,6-7,9H,4-5H2. The van der Waals surface area contributed by atoms with Gasteiger partial charge in [-0.2, -0.15) is 0 Å². The van der Waals surface area contributed by atoms with E-state index < -0.39 is 0 Å². The first-order valence-corrected chi connectivity index (χ1v) is 6.27. The van der Waals surface area contributed by atoms with Crippen LogP contribution in [-0.2, 0) is 0 Å². The molecule has 0 spiro atoms. The van der Waals surface area contributed by atoms with Gasteiger partial charge in [0.1, 0.15) is 0 Å². The third kappa shape index (κ3) is 1.11. The van der Waals surface area contributed by atoms with Gasteiger partial charge >= 0.3 is 0 Å². The highest BCUT2D eigenvalue weighted by Gasteiger charge is 2.40. The quantitative estimate of drug-likeness (QED) is 0.729. The zero-order valence-electron chi connectivity index (χ0n) is 9.51. The number of imidazole rings is 1. The van der Waals surface area contributed by atoms with Gasteiger partial charge in [-0.25, -0.2) is 4.98 Å². The highest BCUT2D eigenvalue weighted by atomic mass is 35.5. The number of carbonyl (C=O) groups excluding carboxylic acids is 1. The summed E-state index contributed by atoms with van der Waals surface area (Å²) in [5.41, 5.74) is 2.48. The van der Waals surface area contributed by atoms with E-state index in [1.54, 1.807) is 12.4 Å². The van der Waals surface area contributed by atoms with Crippen molar-refractivity contribution in [2.75, 3.05) is 6.54 Å². The molecule has 0 N–H and O–H groups in total. The molecule has 1 amide bonds. The molecule has 1 saturated heterocycles. The molecule has 1 aromatic carbocycles. The summed E-state index contributed by atoms with van der Waals surface area (Å²) in [6.45, 7) is 0.791. The van der Waals surface area contributed by atoms with E-state index in [1.807, 2.05) is 27.8 Å². The molecule has 3 heterocycles. The lowest BCUT2D eigenvalue weighted by Gasteiger charge is -2.39. The monoisotopic (exact) mass is 259 g/mol. The van der Waals surface area contributed by atoms with Crippen LogP contribution in [0, 0.1) is 0 Å². The first-order valence-electron chi connectivity index (χ1n) is 5.89. The predicted octanol–water partition coefficient (Wildman–Crippen LogP) is 2.43. The number of aromatic nitrogens is 2. The largest absolute Gasteiger partial charge is 0.330 e. The van der Waals surface area contributed by atoms with Crippen molar-refractivity contribution in [1.82, 2.24) is 14.5 Å². The molecule has 1 aromatic heterocycles. The Hall–Kier alpha value is -1.81. The molecule has 0 bridgehead atoms. The van der Waals surface area contributed by atoms with Crippen molar-refractivity contribution in [3.05, 3.63) is 47.0 Å². The van der Waals surface area contributed by atoms with Gasteiger partial charge in [0.15, 0.2) is 0 Å². The maximum Gasteiger partial charge on any atom is 0.258 e. The summed E-state index contributed by atoms with van der Waals surface area (Å²) in [6, 6.07) is 5.68. The average molecular weight is 260 g/mol. The Labute approximate surface area is 109 Å². The number of hydrogen-bond acceptors (Lipinski definition) is 2. The predicted molar refractivity (Wildman–Crippen MR) is 67.0 cm³/mol. The highest BCUT2D eigenvalue weighted by Crippen LogP contribution is 2.40. The van der Waals surface area contributed by atoms with E-state index in [0.717, 1.165) is 24.3 Å². The third-order valence-electron chi connectivity index (χ3n) is 3.75. The highest BCUT2D eigenvalue weighted by molar-refractivity contribution is 6.34. The van der Waals surface area contributed by atoms with Crippen molar-refractivity contribution in [2.45, 2.75) is 12.5 Å². The zero-order chi connectivity index (χ0) is 12.3. The summed E-state index contributed by atoms with van der Waals surface area (Å²) in [4.78, 5) is 18.6. The Morgan fingerprint density at radius 2 is 2.28 bits per heavy atom. The molecule has 1 fully saturated rings. The van der Waals surface area contributed by atoms with Crippen LogP contribution < -0.4 is 0 Å². The van der Waals surface area contributed by atoms with Crippen LogP contribution in [0.5, 0.6) is 0 Å². The van der Waals surface area contributed by atoms with Gasteiger partial charge in [0, 0.05) is 6.54 Å². The number of nitrogens with zero attached hydrogens (tertiary/aromatic N) is 3. The van der Waals surface area contributed by atoms with Crippen LogP contribution in [0.2, 0.25) is 5.02 Å². The summed E-state index contributed by atoms with van der Waals surface area (Å²) in [7, 11) is 0. The molecule has 0 saturated carbocycles. The summed E-state index contributed by atoms with van der Waals surface area (Å²) in [6.07, 6.45) is 4.57. The van der Waals surface area contributed by atoms with Gasteiger partial charge in [-0.05, 0) is 18.6 Å². The van der Waals surface area contributed by atoms with Crippen LogP contribution in [0.3, 0.4) is 0 Å². The van der Waals surface area contributed by atoms with Crippen LogP contribution in [-0.4, -0.2) is 26.9 Å². The molecule has 4 nitrogen and oxygen atoms in total. The summed E-state index contributed by atoms with van der Waals surface area (Å²) >= 11 is 6.20. The number of hydrogen-bond donors (Lipinski definition) is 0. The van der Waals surface area contributed by atoms with Crippen LogP contribution in [0.15, 0.2) is 30.7 Å². The first-order chi connectivity index (χ1) is 8.77. The zero-order valence-corrected chi connectivity index (χ0v) is 10.3. The molecule has 1 unspecified atom stereocenters. The lowest BCUT2D eigenvalue weighted by atomic mass is 10.00. The maximum absolute atomic E-state index is 12.5. The Morgan fingerprint density at radius 1 is 1.39 bits per heavy atom. The number of amides is 1. The first kappa shape index (κ1) is 10.1. The topological polar surface area (TPSA) is 38.1 Å². The fraction of sp³-hybridized carbons (Fsp3) is 0.231. The fourth-order valence-electron chi connectivity index (χ4n) is 2.76. The van der Waals surface area contributed by atoms with E-state index in [-0.39, 0.29) is 11.9 Å². The molecule has 90 valence electrons. The second kappa shape index (κ2) is 3.36. The molecule has 1 atom stereocenters. The van der Waals surface area contributed by atoms with E-state index in [1.165, 1.54) is 0 Å². The Bertz CT molecular complexity index is 664. The van der Waals surface area contributed by atoms with E-state index in [0.29, 0.717) is 10.6 Å². The minimum Gasteiger partial charge on any atom is -0.330 e.